The number of unbranched alkanes of at least 4 members (excludes halogenated alkanes) is 7. The minimum absolute atomic E-state index is 0.0983. The summed E-state index contributed by atoms with van der Waals surface area (Å²) in [6, 6.07) is 6.48. The molecule has 4 heteroatoms. The van der Waals surface area contributed by atoms with Crippen molar-refractivity contribution < 1.29 is 19.1 Å². The highest BCUT2D eigenvalue weighted by Gasteiger charge is 2.13. The van der Waals surface area contributed by atoms with Crippen molar-refractivity contribution in [2.75, 3.05) is 6.61 Å². The minimum atomic E-state index is -0.352. The standard InChI is InChI=1S/C23H36O4/c1-4-6-7-8-9-10-11-12-18-26-22(24)20-14-16-21(17-15-20)23(25)27-19(3)13-5-2/h14-17,19H,4-13,18H2,1-3H3. The molecule has 0 aliphatic rings. The van der Waals surface area contributed by atoms with Gasteiger partial charge in [-0.25, -0.2) is 9.59 Å². The predicted molar refractivity (Wildman–Crippen MR) is 109 cm³/mol. The van der Waals surface area contributed by atoms with Crippen molar-refractivity contribution in [1.29, 1.82) is 0 Å². The molecular weight excluding hydrogens is 340 g/mol. The Balaban J connectivity index is 2.25. The average Bonchev–Trinajstić information content (AvgIpc) is 2.66. The summed E-state index contributed by atoms with van der Waals surface area (Å²) in [6.07, 6.45) is 11.4. The van der Waals surface area contributed by atoms with Gasteiger partial charge in [0.15, 0.2) is 0 Å². The average molecular weight is 377 g/mol. The summed E-state index contributed by atoms with van der Waals surface area (Å²) in [7, 11) is 0. The number of benzene rings is 1. The molecule has 0 aliphatic heterocycles. The molecule has 0 amide bonds. The maximum absolute atomic E-state index is 12.1. The van der Waals surface area contributed by atoms with E-state index in [0.29, 0.717) is 17.7 Å². The number of carbonyl (C=O) groups is 2. The van der Waals surface area contributed by atoms with Crippen molar-refractivity contribution in [3.8, 4) is 0 Å². The van der Waals surface area contributed by atoms with Gasteiger partial charge in [-0.3, -0.25) is 0 Å². The van der Waals surface area contributed by atoms with Crippen LogP contribution in [0.3, 0.4) is 0 Å². The maximum Gasteiger partial charge on any atom is 0.338 e. The summed E-state index contributed by atoms with van der Waals surface area (Å²) < 4.78 is 10.7. The molecule has 0 radical (unpaired) electrons. The lowest BCUT2D eigenvalue weighted by molar-refractivity contribution is 0.0322. The molecule has 1 atom stereocenters. The number of carbonyl (C=O) groups excluding carboxylic acids is 2. The van der Waals surface area contributed by atoms with Crippen molar-refractivity contribution in [2.45, 2.75) is 91.1 Å². The van der Waals surface area contributed by atoms with E-state index in [4.69, 9.17) is 9.47 Å². The molecule has 1 rings (SSSR count). The second kappa shape index (κ2) is 14.2. The summed E-state index contributed by atoms with van der Waals surface area (Å²) in [5, 5.41) is 0. The van der Waals surface area contributed by atoms with Gasteiger partial charge in [-0.15, -0.1) is 0 Å². The normalized spacial score (nSPS) is 11.8. The van der Waals surface area contributed by atoms with Crippen LogP contribution in [0, 0.1) is 0 Å². The van der Waals surface area contributed by atoms with Crippen LogP contribution in [0.2, 0.25) is 0 Å². The first-order valence-corrected chi connectivity index (χ1v) is 10.6. The van der Waals surface area contributed by atoms with Crippen LogP contribution in [0.25, 0.3) is 0 Å². The van der Waals surface area contributed by atoms with Crippen molar-refractivity contribution in [3.63, 3.8) is 0 Å². The number of hydrogen-bond donors (Lipinski definition) is 0. The zero-order valence-corrected chi connectivity index (χ0v) is 17.3. The third kappa shape index (κ3) is 10.2. The second-order valence-electron chi connectivity index (χ2n) is 7.19. The van der Waals surface area contributed by atoms with Gasteiger partial charge in [-0.05, 0) is 44.0 Å². The molecule has 1 unspecified atom stereocenters. The lowest BCUT2D eigenvalue weighted by atomic mass is 10.1. The van der Waals surface area contributed by atoms with Crippen LogP contribution in [-0.4, -0.2) is 24.6 Å². The molecular formula is C23H36O4. The van der Waals surface area contributed by atoms with Crippen molar-refractivity contribution in [3.05, 3.63) is 35.4 Å². The Labute approximate surface area is 164 Å². The quantitative estimate of drug-likeness (QED) is 0.281. The first kappa shape index (κ1) is 23.2. The molecule has 0 saturated carbocycles. The van der Waals surface area contributed by atoms with Gasteiger partial charge in [0.05, 0.1) is 23.8 Å². The maximum atomic E-state index is 12.1. The summed E-state index contributed by atoms with van der Waals surface area (Å²) in [6.45, 7) is 6.62. The minimum Gasteiger partial charge on any atom is -0.462 e. The second-order valence-corrected chi connectivity index (χ2v) is 7.19. The number of rotatable bonds is 14. The van der Waals surface area contributed by atoms with Crippen LogP contribution in [-0.2, 0) is 9.47 Å². The first-order chi connectivity index (χ1) is 13.1. The van der Waals surface area contributed by atoms with Gasteiger partial charge in [-0.2, -0.15) is 0 Å². The van der Waals surface area contributed by atoms with Crippen molar-refractivity contribution in [1.82, 2.24) is 0 Å². The molecule has 0 aliphatic carbocycles. The lowest BCUT2D eigenvalue weighted by Crippen LogP contribution is -2.15. The van der Waals surface area contributed by atoms with Crippen LogP contribution in [0.5, 0.6) is 0 Å². The Morgan fingerprint density at radius 2 is 1.30 bits per heavy atom. The van der Waals surface area contributed by atoms with Crippen LogP contribution < -0.4 is 0 Å². The van der Waals surface area contributed by atoms with Crippen molar-refractivity contribution in [2.24, 2.45) is 0 Å². The summed E-state index contributed by atoms with van der Waals surface area (Å²) >= 11 is 0. The first-order valence-electron chi connectivity index (χ1n) is 10.6. The molecule has 152 valence electrons. The Hall–Kier alpha value is -1.84. The van der Waals surface area contributed by atoms with Gasteiger partial charge in [-0.1, -0.05) is 65.2 Å². The lowest BCUT2D eigenvalue weighted by Gasteiger charge is -2.12. The monoisotopic (exact) mass is 376 g/mol. The summed E-state index contributed by atoms with van der Waals surface area (Å²) in [5.41, 5.74) is 0.922. The summed E-state index contributed by atoms with van der Waals surface area (Å²) in [5.74, 6) is -0.688. The van der Waals surface area contributed by atoms with Gasteiger partial charge >= 0.3 is 11.9 Å². The smallest absolute Gasteiger partial charge is 0.338 e. The Kier molecular flexibility index (Phi) is 12.2. The number of ether oxygens (including phenoxy) is 2. The predicted octanol–water partition coefficient (Wildman–Crippen LogP) is 6.33. The van der Waals surface area contributed by atoms with E-state index in [0.717, 1.165) is 25.7 Å². The Morgan fingerprint density at radius 3 is 1.85 bits per heavy atom. The van der Waals surface area contributed by atoms with Crippen molar-refractivity contribution >= 4 is 11.9 Å². The fourth-order valence-electron chi connectivity index (χ4n) is 2.94. The molecule has 0 heterocycles. The van der Waals surface area contributed by atoms with Gasteiger partial charge < -0.3 is 9.47 Å². The molecule has 27 heavy (non-hydrogen) atoms. The van der Waals surface area contributed by atoms with E-state index in [9.17, 15) is 9.59 Å². The molecule has 0 spiro atoms. The molecule has 0 fully saturated rings. The highest BCUT2D eigenvalue weighted by Crippen LogP contribution is 2.12. The summed E-state index contributed by atoms with van der Waals surface area (Å²) in [4.78, 5) is 24.1. The Morgan fingerprint density at radius 1 is 0.778 bits per heavy atom. The molecule has 1 aromatic carbocycles. The third-order valence-corrected chi connectivity index (χ3v) is 4.59. The van der Waals surface area contributed by atoms with E-state index in [1.54, 1.807) is 24.3 Å². The number of hydrogen-bond acceptors (Lipinski definition) is 4. The highest BCUT2D eigenvalue weighted by molar-refractivity contribution is 5.93. The third-order valence-electron chi connectivity index (χ3n) is 4.59. The molecule has 0 N–H and O–H groups in total. The van der Waals surface area contributed by atoms with Gasteiger partial charge in [0.25, 0.3) is 0 Å². The topological polar surface area (TPSA) is 52.6 Å². The van der Waals surface area contributed by atoms with Crippen LogP contribution >= 0.6 is 0 Å². The van der Waals surface area contributed by atoms with E-state index in [-0.39, 0.29) is 18.0 Å². The zero-order chi connectivity index (χ0) is 19.9. The van der Waals surface area contributed by atoms with E-state index >= 15 is 0 Å². The largest absolute Gasteiger partial charge is 0.462 e. The van der Waals surface area contributed by atoms with Gasteiger partial charge in [0, 0.05) is 0 Å². The van der Waals surface area contributed by atoms with E-state index < -0.39 is 0 Å². The van der Waals surface area contributed by atoms with Gasteiger partial charge in [0.1, 0.15) is 0 Å². The molecule has 0 bridgehead atoms. The van der Waals surface area contributed by atoms with E-state index in [2.05, 4.69) is 13.8 Å². The molecule has 0 aromatic heterocycles. The Bertz CT molecular complexity index is 536. The molecule has 0 saturated heterocycles. The van der Waals surface area contributed by atoms with Gasteiger partial charge in [0.2, 0.25) is 0 Å². The number of esters is 2. The molecule has 4 nitrogen and oxygen atoms in total. The van der Waals surface area contributed by atoms with E-state index in [1.165, 1.54) is 38.5 Å². The fraction of sp³-hybridized carbons (Fsp3) is 0.652. The van der Waals surface area contributed by atoms with Crippen LogP contribution in [0.15, 0.2) is 24.3 Å². The van der Waals surface area contributed by atoms with Crippen LogP contribution in [0.1, 0.15) is 106 Å². The van der Waals surface area contributed by atoms with E-state index in [1.807, 2.05) is 6.92 Å². The zero-order valence-electron chi connectivity index (χ0n) is 17.3. The molecule has 1 aromatic rings. The van der Waals surface area contributed by atoms with Crippen LogP contribution in [0.4, 0.5) is 0 Å². The SMILES string of the molecule is CCCCCCCCCCOC(=O)c1ccc(C(=O)OC(C)CCC)cc1. The fourth-order valence-corrected chi connectivity index (χ4v) is 2.94. The highest BCUT2D eigenvalue weighted by atomic mass is 16.5.